The van der Waals surface area contributed by atoms with Gasteiger partial charge < -0.3 is 5.73 Å². The standard InChI is InChI=1S/C9H9N3.C2H6/c1-6-8-3-2-7(10)4-9(8)12-5-11-6;1-2/h2-5H,10H2,1H3;1-2H3. The van der Waals surface area contributed by atoms with Gasteiger partial charge in [-0.25, -0.2) is 9.97 Å². The summed E-state index contributed by atoms with van der Waals surface area (Å²) in [4.78, 5) is 8.20. The molecule has 0 amide bonds. The van der Waals surface area contributed by atoms with Crippen LogP contribution in [0.4, 0.5) is 5.69 Å². The molecule has 2 rings (SSSR count). The van der Waals surface area contributed by atoms with Crippen LogP contribution in [0.25, 0.3) is 10.9 Å². The first-order valence-electron chi connectivity index (χ1n) is 4.74. The van der Waals surface area contributed by atoms with E-state index in [-0.39, 0.29) is 0 Å². The Morgan fingerprint density at radius 1 is 1.14 bits per heavy atom. The number of nitrogens with two attached hydrogens (primary N) is 1. The predicted octanol–water partition coefficient (Wildman–Crippen LogP) is 2.55. The van der Waals surface area contributed by atoms with Gasteiger partial charge in [-0.1, -0.05) is 13.8 Å². The number of rotatable bonds is 0. The van der Waals surface area contributed by atoms with Gasteiger partial charge in [-0.15, -0.1) is 0 Å². The van der Waals surface area contributed by atoms with E-state index >= 15 is 0 Å². The third kappa shape index (κ3) is 1.99. The minimum atomic E-state index is 0.737. The Hall–Kier alpha value is -1.64. The Bertz CT molecular complexity index is 424. The molecule has 14 heavy (non-hydrogen) atoms. The third-order valence-electron chi connectivity index (χ3n) is 1.86. The maximum Gasteiger partial charge on any atom is 0.116 e. The van der Waals surface area contributed by atoms with Gasteiger partial charge in [0.1, 0.15) is 6.33 Å². The fourth-order valence-electron chi connectivity index (χ4n) is 1.21. The Balaban J connectivity index is 0.000000461. The zero-order valence-corrected chi connectivity index (χ0v) is 8.78. The second-order valence-electron chi connectivity index (χ2n) is 2.74. The molecule has 2 aromatic rings. The lowest BCUT2D eigenvalue weighted by Crippen LogP contribution is -1.89. The van der Waals surface area contributed by atoms with Crippen molar-refractivity contribution in [2.75, 3.05) is 5.73 Å². The summed E-state index contributed by atoms with van der Waals surface area (Å²) in [6.07, 6.45) is 1.55. The highest BCUT2D eigenvalue weighted by Gasteiger charge is 1.97. The summed E-state index contributed by atoms with van der Waals surface area (Å²) < 4.78 is 0. The molecular weight excluding hydrogens is 174 g/mol. The van der Waals surface area contributed by atoms with E-state index < -0.39 is 0 Å². The molecule has 0 bridgehead atoms. The van der Waals surface area contributed by atoms with Crippen molar-refractivity contribution in [3.63, 3.8) is 0 Å². The van der Waals surface area contributed by atoms with Crippen LogP contribution in [0.15, 0.2) is 24.5 Å². The van der Waals surface area contributed by atoms with Crippen molar-refractivity contribution in [2.24, 2.45) is 0 Å². The summed E-state index contributed by atoms with van der Waals surface area (Å²) in [6.45, 7) is 5.96. The van der Waals surface area contributed by atoms with Gasteiger partial charge in [0, 0.05) is 16.8 Å². The van der Waals surface area contributed by atoms with Crippen LogP contribution >= 0.6 is 0 Å². The molecule has 1 aromatic carbocycles. The number of hydrogen-bond donors (Lipinski definition) is 1. The van der Waals surface area contributed by atoms with E-state index in [0.29, 0.717) is 0 Å². The first-order valence-corrected chi connectivity index (χ1v) is 4.74. The van der Waals surface area contributed by atoms with Crippen molar-refractivity contribution >= 4 is 16.6 Å². The lowest BCUT2D eigenvalue weighted by Gasteiger charge is -1.99. The quantitative estimate of drug-likeness (QED) is 0.648. The molecule has 1 heterocycles. The highest BCUT2D eigenvalue weighted by atomic mass is 14.8. The lowest BCUT2D eigenvalue weighted by molar-refractivity contribution is 1.15. The fourth-order valence-corrected chi connectivity index (χ4v) is 1.21. The van der Waals surface area contributed by atoms with Crippen molar-refractivity contribution in [3.8, 4) is 0 Å². The molecule has 0 saturated heterocycles. The van der Waals surface area contributed by atoms with Crippen molar-refractivity contribution in [1.29, 1.82) is 0 Å². The molecule has 0 aliphatic carbocycles. The molecule has 2 N–H and O–H groups in total. The fraction of sp³-hybridized carbons (Fsp3) is 0.273. The minimum Gasteiger partial charge on any atom is -0.399 e. The molecule has 3 nitrogen and oxygen atoms in total. The highest BCUT2D eigenvalue weighted by Crippen LogP contribution is 2.16. The van der Waals surface area contributed by atoms with E-state index in [0.717, 1.165) is 22.3 Å². The Morgan fingerprint density at radius 2 is 1.86 bits per heavy atom. The minimum absolute atomic E-state index is 0.737. The summed E-state index contributed by atoms with van der Waals surface area (Å²) in [5.41, 5.74) is 8.24. The Labute approximate surface area is 84.0 Å². The average Bonchev–Trinajstić information content (AvgIpc) is 2.21. The molecule has 0 aliphatic heterocycles. The van der Waals surface area contributed by atoms with Crippen LogP contribution in [0.2, 0.25) is 0 Å². The van der Waals surface area contributed by atoms with Crippen molar-refractivity contribution in [1.82, 2.24) is 9.97 Å². The van der Waals surface area contributed by atoms with E-state index in [9.17, 15) is 0 Å². The number of benzene rings is 1. The van der Waals surface area contributed by atoms with Crippen LogP contribution in [0.5, 0.6) is 0 Å². The smallest absolute Gasteiger partial charge is 0.116 e. The van der Waals surface area contributed by atoms with E-state index in [4.69, 9.17) is 5.73 Å². The molecule has 3 heteroatoms. The molecule has 0 atom stereocenters. The zero-order valence-electron chi connectivity index (χ0n) is 8.78. The summed E-state index contributed by atoms with van der Waals surface area (Å²) in [6, 6.07) is 5.66. The van der Waals surface area contributed by atoms with Crippen molar-refractivity contribution < 1.29 is 0 Å². The molecule has 0 spiro atoms. The highest BCUT2D eigenvalue weighted by molar-refractivity contribution is 5.83. The number of fused-ring (bicyclic) bond motifs is 1. The van der Waals surface area contributed by atoms with Gasteiger partial charge in [-0.2, -0.15) is 0 Å². The lowest BCUT2D eigenvalue weighted by atomic mass is 10.2. The second kappa shape index (κ2) is 4.56. The number of anilines is 1. The summed E-state index contributed by atoms with van der Waals surface area (Å²) in [7, 11) is 0. The SMILES string of the molecule is CC.Cc1ncnc2cc(N)ccc12. The zero-order chi connectivity index (χ0) is 10.6. The molecule has 74 valence electrons. The molecule has 0 aliphatic rings. The third-order valence-corrected chi connectivity index (χ3v) is 1.86. The van der Waals surface area contributed by atoms with Gasteiger partial charge in [-0.3, -0.25) is 0 Å². The van der Waals surface area contributed by atoms with E-state index in [1.165, 1.54) is 0 Å². The van der Waals surface area contributed by atoms with Gasteiger partial charge >= 0.3 is 0 Å². The maximum atomic E-state index is 5.61. The van der Waals surface area contributed by atoms with Crippen LogP contribution in [0, 0.1) is 6.92 Å². The van der Waals surface area contributed by atoms with Gasteiger partial charge in [0.05, 0.1) is 5.52 Å². The van der Waals surface area contributed by atoms with Gasteiger partial charge in [-0.05, 0) is 25.1 Å². The molecule has 0 radical (unpaired) electrons. The van der Waals surface area contributed by atoms with Gasteiger partial charge in [0.2, 0.25) is 0 Å². The Kier molecular flexibility index (Phi) is 3.40. The van der Waals surface area contributed by atoms with Gasteiger partial charge in [0.15, 0.2) is 0 Å². The monoisotopic (exact) mass is 189 g/mol. The molecular formula is C11H15N3. The van der Waals surface area contributed by atoms with Crippen LogP contribution in [0.3, 0.4) is 0 Å². The van der Waals surface area contributed by atoms with E-state index in [1.54, 1.807) is 6.33 Å². The summed E-state index contributed by atoms with van der Waals surface area (Å²) >= 11 is 0. The average molecular weight is 189 g/mol. The molecule has 1 aromatic heterocycles. The van der Waals surface area contributed by atoms with Gasteiger partial charge in [0.25, 0.3) is 0 Å². The largest absolute Gasteiger partial charge is 0.399 e. The molecule has 0 fully saturated rings. The van der Waals surface area contributed by atoms with Crippen molar-refractivity contribution in [3.05, 3.63) is 30.2 Å². The number of nitrogen functional groups attached to an aromatic ring is 1. The maximum absolute atomic E-state index is 5.61. The molecule has 0 saturated carbocycles. The predicted molar refractivity (Wildman–Crippen MR) is 60.0 cm³/mol. The molecule has 0 unspecified atom stereocenters. The topological polar surface area (TPSA) is 51.8 Å². The first-order chi connectivity index (χ1) is 6.77. The normalized spacial score (nSPS) is 9.36. The van der Waals surface area contributed by atoms with E-state index in [2.05, 4.69) is 9.97 Å². The van der Waals surface area contributed by atoms with Crippen LogP contribution in [-0.2, 0) is 0 Å². The van der Waals surface area contributed by atoms with Crippen LogP contribution < -0.4 is 5.73 Å². The number of hydrogen-bond acceptors (Lipinski definition) is 3. The van der Waals surface area contributed by atoms with Crippen LogP contribution in [-0.4, -0.2) is 9.97 Å². The van der Waals surface area contributed by atoms with Crippen LogP contribution in [0.1, 0.15) is 19.5 Å². The summed E-state index contributed by atoms with van der Waals surface area (Å²) in [5, 5.41) is 1.06. The Morgan fingerprint density at radius 3 is 2.57 bits per heavy atom. The van der Waals surface area contributed by atoms with E-state index in [1.807, 2.05) is 39.0 Å². The summed E-state index contributed by atoms with van der Waals surface area (Å²) in [5.74, 6) is 0. The van der Waals surface area contributed by atoms with Crippen molar-refractivity contribution in [2.45, 2.75) is 20.8 Å². The second-order valence-corrected chi connectivity index (χ2v) is 2.74. The number of aromatic nitrogens is 2. The first kappa shape index (κ1) is 10.4. The number of aryl methyl sites for hydroxylation is 1. The number of nitrogens with zero attached hydrogens (tertiary/aromatic N) is 2.